The first kappa shape index (κ1) is 17.8. The van der Waals surface area contributed by atoms with Crippen molar-refractivity contribution in [3.63, 3.8) is 0 Å². The highest BCUT2D eigenvalue weighted by Crippen LogP contribution is 2.31. The highest BCUT2D eigenvalue weighted by atomic mass is 19.3. The Labute approximate surface area is 156 Å². The van der Waals surface area contributed by atoms with Crippen molar-refractivity contribution >= 4 is 16.9 Å². The number of fused-ring (bicyclic) bond motifs is 1. The molecular weight excluding hydrogens is 350 g/mol. The molecule has 3 aromatic rings. The van der Waals surface area contributed by atoms with E-state index in [9.17, 15) is 8.78 Å². The molecule has 1 fully saturated rings. The van der Waals surface area contributed by atoms with Crippen molar-refractivity contribution in [2.24, 2.45) is 0 Å². The number of nitrogens with zero attached hydrogens (tertiary/aromatic N) is 4. The number of halogens is 2. The molecule has 27 heavy (non-hydrogen) atoms. The van der Waals surface area contributed by atoms with Crippen LogP contribution in [0.4, 0.5) is 14.6 Å². The molecule has 6 nitrogen and oxygen atoms in total. The van der Waals surface area contributed by atoms with Crippen molar-refractivity contribution in [2.75, 3.05) is 25.0 Å². The maximum absolute atomic E-state index is 14.7. The van der Waals surface area contributed by atoms with Gasteiger partial charge >= 0.3 is 0 Å². The van der Waals surface area contributed by atoms with E-state index in [2.05, 4.69) is 49.7 Å². The van der Waals surface area contributed by atoms with Gasteiger partial charge in [0.05, 0.1) is 24.2 Å². The Balaban J connectivity index is 1.38. The van der Waals surface area contributed by atoms with Crippen molar-refractivity contribution in [1.29, 1.82) is 0 Å². The van der Waals surface area contributed by atoms with Crippen LogP contribution in [0, 0.1) is 6.92 Å². The van der Waals surface area contributed by atoms with E-state index in [1.54, 1.807) is 6.20 Å². The summed E-state index contributed by atoms with van der Waals surface area (Å²) in [4.78, 5) is 9.99. The zero-order chi connectivity index (χ0) is 18.9. The number of hydrogen-bond acceptors (Lipinski definition) is 5. The molecule has 0 saturated carbocycles. The lowest BCUT2D eigenvalue weighted by atomic mass is 9.99. The fourth-order valence-corrected chi connectivity index (χ4v) is 3.47. The highest BCUT2D eigenvalue weighted by molar-refractivity contribution is 5.85. The molecular formula is C19H22F2N6. The topological polar surface area (TPSA) is 69.7 Å². The van der Waals surface area contributed by atoms with Crippen LogP contribution in [0.5, 0.6) is 0 Å². The average molecular weight is 372 g/mol. The molecule has 3 heterocycles. The fourth-order valence-electron chi connectivity index (χ4n) is 3.47. The molecule has 142 valence electrons. The Hall–Kier alpha value is -2.61. The number of aryl methyl sites for hydroxylation is 1. The van der Waals surface area contributed by atoms with Crippen molar-refractivity contribution in [3.05, 3.63) is 47.9 Å². The predicted molar refractivity (Wildman–Crippen MR) is 100.0 cm³/mol. The molecule has 1 aliphatic rings. The molecule has 1 saturated heterocycles. The number of likely N-dealkylation sites (tertiary alicyclic amines) is 1. The predicted octanol–water partition coefficient (Wildman–Crippen LogP) is 3.03. The van der Waals surface area contributed by atoms with Gasteiger partial charge in [-0.2, -0.15) is 5.10 Å². The number of rotatable bonds is 5. The van der Waals surface area contributed by atoms with Crippen LogP contribution in [0.3, 0.4) is 0 Å². The third kappa shape index (κ3) is 3.90. The van der Waals surface area contributed by atoms with Crippen molar-refractivity contribution < 1.29 is 8.78 Å². The van der Waals surface area contributed by atoms with Gasteiger partial charge in [0.2, 0.25) is 0 Å². The average Bonchev–Trinajstić information content (AvgIpc) is 3.13. The molecule has 8 heteroatoms. The minimum Gasteiger partial charge on any atom is -0.360 e. The van der Waals surface area contributed by atoms with Crippen LogP contribution in [0.15, 0.2) is 36.8 Å². The van der Waals surface area contributed by atoms with Gasteiger partial charge in [-0.25, -0.2) is 18.7 Å². The zero-order valence-corrected chi connectivity index (χ0v) is 15.1. The summed E-state index contributed by atoms with van der Waals surface area (Å²) in [6.45, 7) is 3.04. The molecule has 1 aliphatic heterocycles. The van der Waals surface area contributed by atoms with Crippen LogP contribution in [-0.4, -0.2) is 56.7 Å². The maximum atomic E-state index is 14.7. The molecule has 1 atom stereocenters. The van der Waals surface area contributed by atoms with E-state index in [-0.39, 0.29) is 6.54 Å². The normalized spacial score (nSPS) is 20.0. The number of aromatic amines is 1. The van der Waals surface area contributed by atoms with E-state index < -0.39 is 12.0 Å². The lowest BCUT2D eigenvalue weighted by molar-refractivity contribution is -0.0734. The highest BCUT2D eigenvalue weighted by Gasteiger charge is 2.44. The first-order chi connectivity index (χ1) is 13.0. The molecule has 0 unspecified atom stereocenters. The second kappa shape index (κ2) is 7.19. The molecule has 4 rings (SSSR count). The van der Waals surface area contributed by atoms with E-state index in [1.165, 1.54) is 17.5 Å². The van der Waals surface area contributed by atoms with E-state index in [0.717, 1.165) is 6.42 Å². The summed E-state index contributed by atoms with van der Waals surface area (Å²) in [7, 11) is 0. The number of piperidine rings is 1. The summed E-state index contributed by atoms with van der Waals surface area (Å²) >= 11 is 0. The van der Waals surface area contributed by atoms with Crippen molar-refractivity contribution in [2.45, 2.75) is 31.7 Å². The first-order valence-electron chi connectivity index (χ1n) is 9.07. The number of anilines is 1. The number of hydrogen-bond donors (Lipinski definition) is 2. The Morgan fingerprint density at radius 2 is 2.07 bits per heavy atom. The molecule has 2 N–H and O–H groups in total. The van der Waals surface area contributed by atoms with Crippen LogP contribution >= 0.6 is 0 Å². The summed E-state index contributed by atoms with van der Waals surface area (Å²) in [5, 5.41) is 10.2. The van der Waals surface area contributed by atoms with E-state index in [0.29, 0.717) is 36.4 Å². The third-order valence-electron chi connectivity index (χ3n) is 5.07. The Kier molecular flexibility index (Phi) is 4.73. The molecule has 0 aliphatic carbocycles. The summed E-state index contributed by atoms with van der Waals surface area (Å²) in [6.07, 6.45) is 4.02. The molecule has 2 aromatic heterocycles. The molecule has 1 aromatic carbocycles. The number of alkyl halides is 2. The monoisotopic (exact) mass is 372 g/mol. The van der Waals surface area contributed by atoms with E-state index in [1.807, 2.05) is 11.8 Å². The van der Waals surface area contributed by atoms with Crippen molar-refractivity contribution in [3.8, 4) is 0 Å². The van der Waals surface area contributed by atoms with Crippen molar-refractivity contribution in [1.82, 2.24) is 25.1 Å². The number of H-pyrrole nitrogens is 1. The van der Waals surface area contributed by atoms with Gasteiger partial charge in [-0.05, 0) is 25.3 Å². The molecule has 0 bridgehead atoms. The smallest absolute Gasteiger partial charge is 0.280 e. The molecule has 0 amide bonds. The van der Waals surface area contributed by atoms with Gasteiger partial charge in [-0.15, -0.1) is 0 Å². The molecule has 0 spiro atoms. The van der Waals surface area contributed by atoms with Gasteiger partial charge in [0, 0.05) is 13.1 Å². The van der Waals surface area contributed by atoms with Crippen LogP contribution in [0.25, 0.3) is 11.0 Å². The summed E-state index contributed by atoms with van der Waals surface area (Å²) in [6, 6.07) is 7.28. The lowest BCUT2D eigenvalue weighted by Crippen LogP contribution is -2.54. The second-order valence-corrected chi connectivity index (χ2v) is 7.11. The summed E-state index contributed by atoms with van der Waals surface area (Å²) in [5.74, 6) is -2.45. The zero-order valence-electron chi connectivity index (χ0n) is 15.1. The number of nitrogens with one attached hydrogen (secondary N) is 2. The van der Waals surface area contributed by atoms with E-state index in [4.69, 9.17) is 0 Å². The standard InChI is InChI=1S/C19H22F2N6/c1-13-2-4-14(5-3-13)6-8-27-9-7-16(19(20,21)11-27)25-17-15-10-24-26-18(15)23-12-22-17/h2-5,10,12,16H,6-9,11H2,1H3,(H2,22,23,24,25,26)/t16-/m0/s1. The van der Waals surface area contributed by atoms with Gasteiger partial charge in [-0.3, -0.25) is 10.00 Å². The SMILES string of the molecule is Cc1ccc(CCN2CC[C@H](Nc3ncnc4[nH]ncc34)C(F)(F)C2)cc1. The van der Waals surface area contributed by atoms with Crippen LogP contribution in [-0.2, 0) is 6.42 Å². The number of benzene rings is 1. The van der Waals surface area contributed by atoms with Gasteiger partial charge in [0.25, 0.3) is 5.92 Å². The lowest BCUT2D eigenvalue weighted by Gasteiger charge is -2.38. The van der Waals surface area contributed by atoms with Crippen LogP contribution < -0.4 is 5.32 Å². The number of aromatic nitrogens is 4. The summed E-state index contributed by atoms with van der Waals surface area (Å²) in [5.41, 5.74) is 2.91. The molecule has 0 radical (unpaired) electrons. The Morgan fingerprint density at radius 3 is 2.85 bits per heavy atom. The van der Waals surface area contributed by atoms with Gasteiger partial charge < -0.3 is 5.32 Å². The van der Waals surface area contributed by atoms with Gasteiger partial charge in [0.15, 0.2) is 5.65 Å². The maximum Gasteiger partial charge on any atom is 0.280 e. The minimum absolute atomic E-state index is 0.254. The first-order valence-corrected chi connectivity index (χ1v) is 9.07. The second-order valence-electron chi connectivity index (χ2n) is 7.11. The Bertz CT molecular complexity index is 908. The summed E-state index contributed by atoms with van der Waals surface area (Å²) < 4.78 is 29.5. The quantitative estimate of drug-likeness (QED) is 0.721. The van der Waals surface area contributed by atoms with Crippen LogP contribution in [0.2, 0.25) is 0 Å². The largest absolute Gasteiger partial charge is 0.360 e. The third-order valence-corrected chi connectivity index (χ3v) is 5.07. The Morgan fingerprint density at radius 1 is 1.26 bits per heavy atom. The van der Waals surface area contributed by atoms with Crippen LogP contribution in [0.1, 0.15) is 17.5 Å². The van der Waals surface area contributed by atoms with Gasteiger partial charge in [0.1, 0.15) is 12.1 Å². The van der Waals surface area contributed by atoms with Gasteiger partial charge in [-0.1, -0.05) is 29.8 Å². The van der Waals surface area contributed by atoms with E-state index >= 15 is 0 Å². The fraction of sp³-hybridized carbons (Fsp3) is 0.421. The minimum atomic E-state index is -2.84.